The van der Waals surface area contributed by atoms with Gasteiger partial charge in [0.1, 0.15) is 0 Å². The zero-order valence-corrected chi connectivity index (χ0v) is 11.1. The van der Waals surface area contributed by atoms with Crippen molar-refractivity contribution in [3.63, 3.8) is 0 Å². The van der Waals surface area contributed by atoms with Crippen molar-refractivity contribution in [2.75, 3.05) is 13.1 Å². The lowest BCUT2D eigenvalue weighted by atomic mass is 10.1. The van der Waals surface area contributed by atoms with Gasteiger partial charge in [0.2, 0.25) is 0 Å². The Morgan fingerprint density at radius 3 is 2.71 bits per heavy atom. The SMILES string of the molecule is CC(C)(C)NCc1cc(CN2CCCC2)on1. The second-order valence-electron chi connectivity index (χ2n) is 5.87. The molecular formula is C13H23N3O. The Hall–Kier alpha value is -0.870. The molecule has 1 aromatic rings. The molecule has 0 radical (unpaired) electrons. The van der Waals surface area contributed by atoms with E-state index in [0.717, 1.165) is 24.5 Å². The molecule has 1 saturated heterocycles. The molecule has 0 aromatic carbocycles. The van der Waals surface area contributed by atoms with Gasteiger partial charge >= 0.3 is 0 Å². The molecule has 2 rings (SSSR count). The first-order valence-corrected chi connectivity index (χ1v) is 6.45. The Kier molecular flexibility index (Phi) is 3.84. The van der Waals surface area contributed by atoms with Crippen LogP contribution in [0.5, 0.6) is 0 Å². The van der Waals surface area contributed by atoms with Crippen molar-refractivity contribution in [1.29, 1.82) is 0 Å². The molecule has 1 aromatic heterocycles. The van der Waals surface area contributed by atoms with E-state index in [1.165, 1.54) is 25.9 Å². The predicted octanol–water partition coefficient (Wildman–Crippen LogP) is 2.16. The maximum atomic E-state index is 5.36. The highest BCUT2D eigenvalue weighted by molar-refractivity contribution is 5.05. The van der Waals surface area contributed by atoms with Gasteiger partial charge in [0, 0.05) is 18.2 Å². The van der Waals surface area contributed by atoms with Crippen LogP contribution in [-0.4, -0.2) is 28.7 Å². The molecule has 0 saturated carbocycles. The minimum Gasteiger partial charge on any atom is -0.360 e. The van der Waals surface area contributed by atoms with Crippen LogP contribution in [0.25, 0.3) is 0 Å². The molecule has 0 amide bonds. The van der Waals surface area contributed by atoms with Crippen LogP contribution in [0.3, 0.4) is 0 Å². The Morgan fingerprint density at radius 1 is 1.35 bits per heavy atom. The smallest absolute Gasteiger partial charge is 0.151 e. The standard InChI is InChI=1S/C13H23N3O/c1-13(2,3)14-9-11-8-12(17-15-11)10-16-6-4-5-7-16/h8,14H,4-7,9-10H2,1-3H3. The van der Waals surface area contributed by atoms with Gasteiger partial charge in [-0.25, -0.2) is 0 Å². The summed E-state index contributed by atoms with van der Waals surface area (Å²) in [5, 5.41) is 7.51. The molecule has 0 aliphatic carbocycles. The summed E-state index contributed by atoms with van der Waals surface area (Å²) in [7, 11) is 0. The van der Waals surface area contributed by atoms with Gasteiger partial charge < -0.3 is 9.84 Å². The molecule has 1 aliphatic rings. The zero-order valence-electron chi connectivity index (χ0n) is 11.1. The average molecular weight is 237 g/mol. The van der Waals surface area contributed by atoms with Crippen molar-refractivity contribution in [1.82, 2.24) is 15.4 Å². The highest BCUT2D eigenvalue weighted by Crippen LogP contribution is 2.13. The lowest BCUT2D eigenvalue weighted by Gasteiger charge is -2.19. The van der Waals surface area contributed by atoms with Gasteiger partial charge in [-0.05, 0) is 46.7 Å². The van der Waals surface area contributed by atoms with Crippen molar-refractivity contribution in [3.05, 3.63) is 17.5 Å². The molecular weight excluding hydrogens is 214 g/mol. The van der Waals surface area contributed by atoms with E-state index in [1.54, 1.807) is 0 Å². The van der Waals surface area contributed by atoms with E-state index >= 15 is 0 Å². The monoisotopic (exact) mass is 237 g/mol. The molecule has 17 heavy (non-hydrogen) atoms. The number of nitrogens with one attached hydrogen (secondary N) is 1. The molecule has 0 spiro atoms. The van der Waals surface area contributed by atoms with E-state index in [1.807, 2.05) is 0 Å². The summed E-state index contributed by atoms with van der Waals surface area (Å²) in [6.07, 6.45) is 2.62. The van der Waals surface area contributed by atoms with Crippen LogP contribution in [0.4, 0.5) is 0 Å². The summed E-state index contributed by atoms with van der Waals surface area (Å²) in [5.41, 5.74) is 1.11. The molecule has 1 N–H and O–H groups in total. The maximum Gasteiger partial charge on any atom is 0.151 e. The molecule has 4 heteroatoms. The second kappa shape index (κ2) is 5.19. The summed E-state index contributed by atoms with van der Waals surface area (Å²) in [6.45, 7) is 10.5. The molecule has 0 bridgehead atoms. The van der Waals surface area contributed by atoms with E-state index in [4.69, 9.17) is 4.52 Å². The van der Waals surface area contributed by atoms with E-state index in [9.17, 15) is 0 Å². The molecule has 4 nitrogen and oxygen atoms in total. The predicted molar refractivity (Wildman–Crippen MR) is 67.6 cm³/mol. The maximum absolute atomic E-state index is 5.36. The normalized spacial score (nSPS) is 17.8. The summed E-state index contributed by atoms with van der Waals surface area (Å²) in [5.74, 6) is 0.984. The fraction of sp³-hybridized carbons (Fsp3) is 0.769. The summed E-state index contributed by atoms with van der Waals surface area (Å²) < 4.78 is 5.36. The zero-order chi connectivity index (χ0) is 12.3. The Bertz CT molecular complexity index is 348. The van der Waals surface area contributed by atoms with Gasteiger partial charge in [-0.1, -0.05) is 5.16 Å². The minimum absolute atomic E-state index is 0.119. The Labute approximate surface area is 103 Å². The third-order valence-electron chi connectivity index (χ3n) is 2.99. The van der Waals surface area contributed by atoms with Crippen LogP contribution >= 0.6 is 0 Å². The summed E-state index contributed by atoms with van der Waals surface area (Å²) >= 11 is 0. The van der Waals surface area contributed by atoms with Crippen LogP contribution in [0.1, 0.15) is 45.1 Å². The number of hydrogen-bond donors (Lipinski definition) is 1. The number of likely N-dealkylation sites (tertiary alicyclic amines) is 1. The van der Waals surface area contributed by atoms with E-state index in [0.29, 0.717) is 0 Å². The van der Waals surface area contributed by atoms with Crippen molar-refractivity contribution in [3.8, 4) is 0 Å². The van der Waals surface area contributed by atoms with Crippen LogP contribution in [0, 0.1) is 0 Å². The van der Waals surface area contributed by atoms with Gasteiger partial charge in [-0.2, -0.15) is 0 Å². The molecule has 1 aliphatic heterocycles. The quantitative estimate of drug-likeness (QED) is 0.871. The van der Waals surface area contributed by atoms with Crippen molar-refractivity contribution in [2.45, 2.75) is 52.2 Å². The molecule has 96 valence electrons. The largest absolute Gasteiger partial charge is 0.360 e. The van der Waals surface area contributed by atoms with Crippen molar-refractivity contribution in [2.24, 2.45) is 0 Å². The van der Waals surface area contributed by atoms with Gasteiger partial charge in [0.25, 0.3) is 0 Å². The van der Waals surface area contributed by atoms with Crippen molar-refractivity contribution >= 4 is 0 Å². The van der Waals surface area contributed by atoms with E-state index in [2.05, 4.69) is 42.2 Å². The van der Waals surface area contributed by atoms with Crippen molar-refractivity contribution < 1.29 is 4.52 Å². The summed E-state index contributed by atoms with van der Waals surface area (Å²) in [6, 6.07) is 2.07. The summed E-state index contributed by atoms with van der Waals surface area (Å²) in [4.78, 5) is 2.42. The number of nitrogens with zero attached hydrogens (tertiary/aromatic N) is 2. The minimum atomic E-state index is 0.119. The first-order chi connectivity index (χ1) is 8.03. The van der Waals surface area contributed by atoms with Crippen LogP contribution < -0.4 is 5.32 Å². The lowest BCUT2D eigenvalue weighted by Crippen LogP contribution is -2.35. The van der Waals surface area contributed by atoms with Gasteiger partial charge in [-0.3, -0.25) is 4.90 Å². The van der Waals surface area contributed by atoms with Gasteiger partial charge in [-0.15, -0.1) is 0 Å². The number of hydrogen-bond acceptors (Lipinski definition) is 4. The highest BCUT2D eigenvalue weighted by Gasteiger charge is 2.15. The fourth-order valence-electron chi connectivity index (χ4n) is 2.03. The van der Waals surface area contributed by atoms with Crippen LogP contribution in [0.2, 0.25) is 0 Å². The lowest BCUT2D eigenvalue weighted by molar-refractivity contribution is 0.272. The van der Waals surface area contributed by atoms with E-state index in [-0.39, 0.29) is 5.54 Å². The Morgan fingerprint density at radius 2 is 2.06 bits per heavy atom. The molecule has 1 fully saturated rings. The van der Waals surface area contributed by atoms with Crippen LogP contribution in [0.15, 0.2) is 10.6 Å². The highest BCUT2D eigenvalue weighted by atomic mass is 16.5. The molecule has 0 unspecified atom stereocenters. The molecule has 0 atom stereocenters. The third kappa shape index (κ3) is 4.13. The first kappa shape index (κ1) is 12.6. The first-order valence-electron chi connectivity index (χ1n) is 6.45. The van der Waals surface area contributed by atoms with E-state index < -0.39 is 0 Å². The topological polar surface area (TPSA) is 41.3 Å². The Balaban J connectivity index is 1.83. The molecule has 2 heterocycles. The average Bonchev–Trinajstić information content (AvgIpc) is 2.86. The van der Waals surface area contributed by atoms with Gasteiger partial charge in [0.05, 0.1) is 12.2 Å². The van der Waals surface area contributed by atoms with Gasteiger partial charge in [0.15, 0.2) is 5.76 Å². The third-order valence-corrected chi connectivity index (χ3v) is 2.99. The number of rotatable bonds is 4. The van der Waals surface area contributed by atoms with Crippen LogP contribution in [-0.2, 0) is 13.1 Å². The second-order valence-corrected chi connectivity index (χ2v) is 5.87. The number of aromatic nitrogens is 1. The fourth-order valence-corrected chi connectivity index (χ4v) is 2.03.